The van der Waals surface area contributed by atoms with Crippen LogP contribution in [0.4, 0.5) is 0 Å². The van der Waals surface area contributed by atoms with Crippen LogP contribution >= 0.6 is 63.9 Å². The Morgan fingerprint density at radius 1 is 0.766 bits per heavy atom. The summed E-state index contributed by atoms with van der Waals surface area (Å²) in [5, 5.41) is 0. The fraction of sp³-hybridized carbons (Fsp3) is 0.353. The first kappa shape index (κ1) is 35.5. The number of thioether (sulfide) groups is 2. The fourth-order valence-corrected chi connectivity index (χ4v) is 8.47. The Kier molecular flexibility index (Phi) is 12.5. The van der Waals surface area contributed by atoms with Gasteiger partial charge in [0.25, 0.3) is 11.8 Å². The molecule has 3 heterocycles. The Labute approximate surface area is 303 Å². The van der Waals surface area contributed by atoms with Crippen LogP contribution in [0.15, 0.2) is 62.8 Å². The summed E-state index contributed by atoms with van der Waals surface area (Å²) in [6.07, 6.45) is 6.29. The molecule has 2 aromatic rings. The van der Waals surface area contributed by atoms with Crippen LogP contribution in [0.5, 0.6) is 0 Å². The Balaban J connectivity index is 1.00. The largest absolute Gasteiger partial charge is 0.339 e. The smallest absolute Gasteiger partial charge is 0.266 e. The number of hydrogen-bond acceptors (Lipinski definition) is 8. The second-order valence-corrected chi connectivity index (χ2v) is 15.6. The third-order valence-electron chi connectivity index (χ3n) is 8.11. The topological polar surface area (TPSA) is 81.2 Å². The van der Waals surface area contributed by atoms with Crippen molar-refractivity contribution in [2.24, 2.45) is 0 Å². The molecule has 0 atom stereocenters. The Morgan fingerprint density at radius 3 is 1.72 bits per heavy atom. The standard InChI is InChI=1S/C34H35BrN4O4S4/c1-2-23-10-12-24(13-11-23)21-27-31(42)38(33(44)46-27)14-4-8-29(40)36-16-18-37(19-17-36)30(41)9-5-15-39-32(43)28(47-34(39)45)22-25-6-3-7-26(35)20-25/h3,6-7,10-13,20-22H,2,4-5,8-9,14-19H2,1H3. The maximum absolute atomic E-state index is 13.0. The third kappa shape index (κ3) is 9.20. The highest BCUT2D eigenvalue weighted by Crippen LogP contribution is 2.34. The van der Waals surface area contributed by atoms with Gasteiger partial charge < -0.3 is 9.80 Å². The summed E-state index contributed by atoms with van der Waals surface area (Å²) in [6.45, 7) is 4.77. The van der Waals surface area contributed by atoms with E-state index >= 15 is 0 Å². The average Bonchev–Trinajstić information content (AvgIpc) is 3.48. The highest BCUT2D eigenvalue weighted by molar-refractivity contribution is 9.10. The van der Waals surface area contributed by atoms with Crippen molar-refractivity contribution in [3.63, 3.8) is 0 Å². The number of rotatable bonds is 11. The van der Waals surface area contributed by atoms with Gasteiger partial charge in [-0.2, -0.15) is 0 Å². The first-order valence-corrected chi connectivity index (χ1v) is 18.8. The third-order valence-corrected chi connectivity index (χ3v) is 11.4. The van der Waals surface area contributed by atoms with Crippen molar-refractivity contribution in [2.45, 2.75) is 39.0 Å². The van der Waals surface area contributed by atoms with Crippen LogP contribution in [0.2, 0.25) is 0 Å². The highest BCUT2D eigenvalue weighted by atomic mass is 79.9. The molecule has 3 fully saturated rings. The van der Waals surface area contributed by atoms with Gasteiger partial charge in [0.2, 0.25) is 11.8 Å². The fourth-order valence-electron chi connectivity index (χ4n) is 5.43. The number of thiocarbonyl (C=S) groups is 2. The number of carbonyl (C=O) groups excluding carboxylic acids is 4. The van der Waals surface area contributed by atoms with E-state index in [4.69, 9.17) is 24.4 Å². The second-order valence-electron chi connectivity index (χ2n) is 11.3. The summed E-state index contributed by atoms with van der Waals surface area (Å²) < 4.78 is 1.94. The molecular weight excluding hydrogens is 737 g/mol. The van der Waals surface area contributed by atoms with Crippen LogP contribution in [0.25, 0.3) is 12.2 Å². The van der Waals surface area contributed by atoms with Gasteiger partial charge in [-0.05, 0) is 60.2 Å². The van der Waals surface area contributed by atoms with Gasteiger partial charge in [0.1, 0.15) is 8.64 Å². The molecule has 0 bridgehead atoms. The summed E-state index contributed by atoms with van der Waals surface area (Å²) >= 11 is 16.9. The lowest BCUT2D eigenvalue weighted by molar-refractivity contribution is -0.139. The summed E-state index contributed by atoms with van der Waals surface area (Å²) in [5.74, 6) is -0.231. The molecule has 3 aliphatic rings. The van der Waals surface area contributed by atoms with E-state index in [9.17, 15) is 19.2 Å². The number of amides is 4. The highest BCUT2D eigenvalue weighted by Gasteiger charge is 2.33. The zero-order chi connectivity index (χ0) is 33.5. The van der Waals surface area contributed by atoms with Crippen LogP contribution in [-0.2, 0) is 25.6 Å². The van der Waals surface area contributed by atoms with E-state index in [1.807, 2.05) is 48.6 Å². The lowest BCUT2D eigenvalue weighted by atomic mass is 10.1. The minimum Gasteiger partial charge on any atom is -0.339 e. The van der Waals surface area contributed by atoms with Crippen LogP contribution < -0.4 is 0 Å². The molecule has 2 aromatic carbocycles. The molecule has 3 saturated heterocycles. The van der Waals surface area contributed by atoms with E-state index in [1.54, 1.807) is 19.6 Å². The zero-order valence-electron chi connectivity index (χ0n) is 26.0. The molecule has 0 N–H and O–H groups in total. The molecule has 5 rings (SSSR count). The van der Waals surface area contributed by atoms with E-state index in [-0.39, 0.29) is 23.6 Å². The maximum atomic E-state index is 13.0. The van der Waals surface area contributed by atoms with Crippen LogP contribution in [0.3, 0.4) is 0 Å². The number of hydrogen-bond donors (Lipinski definition) is 0. The quantitative estimate of drug-likeness (QED) is 0.194. The lowest BCUT2D eigenvalue weighted by Gasteiger charge is -2.35. The van der Waals surface area contributed by atoms with E-state index in [0.29, 0.717) is 83.4 Å². The number of nitrogens with zero attached hydrogens (tertiary/aromatic N) is 4. The Bertz CT molecular complexity index is 1640. The van der Waals surface area contributed by atoms with Gasteiger partial charge >= 0.3 is 0 Å². The van der Waals surface area contributed by atoms with Gasteiger partial charge in [0.05, 0.1) is 9.81 Å². The number of benzene rings is 2. The molecule has 0 unspecified atom stereocenters. The molecule has 3 aliphatic heterocycles. The number of halogens is 1. The van der Waals surface area contributed by atoms with Gasteiger partial charge in [0.15, 0.2) is 0 Å². The van der Waals surface area contributed by atoms with Crippen molar-refractivity contribution < 1.29 is 19.2 Å². The first-order chi connectivity index (χ1) is 22.6. The minimum absolute atomic E-state index is 0.0101. The van der Waals surface area contributed by atoms with Crippen molar-refractivity contribution >= 4 is 108 Å². The van der Waals surface area contributed by atoms with Crippen LogP contribution in [0, 0.1) is 0 Å². The Hall–Kier alpha value is -2.84. The van der Waals surface area contributed by atoms with Crippen molar-refractivity contribution in [1.29, 1.82) is 0 Å². The molecule has 0 radical (unpaired) electrons. The van der Waals surface area contributed by atoms with Gasteiger partial charge in [-0.3, -0.25) is 29.0 Å². The van der Waals surface area contributed by atoms with E-state index in [2.05, 4.69) is 35.0 Å². The summed E-state index contributed by atoms with van der Waals surface area (Å²) in [4.78, 5) is 59.6. The van der Waals surface area contributed by atoms with Crippen LogP contribution in [0.1, 0.15) is 49.3 Å². The second kappa shape index (κ2) is 16.5. The van der Waals surface area contributed by atoms with Crippen molar-refractivity contribution in [3.8, 4) is 0 Å². The molecule has 0 aliphatic carbocycles. The number of carbonyl (C=O) groups is 4. The summed E-state index contributed by atoms with van der Waals surface area (Å²) in [5.41, 5.74) is 3.11. The SMILES string of the molecule is CCc1ccc(C=C2SC(=S)N(CCCC(=O)N3CCN(C(=O)CCCN4C(=O)C(=Cc5cccc(Br)c5)SC4=S)CC3)C2=O)cc1. The number of piperazine rings is 1. The van der Waals surface area contributed by atoms with Gasteiger partial charge in [-0.1, -0.05) is 107 Å². The molecule has 0 saturated carbocycles. The predicted molar refractivity (Wildman–Crippen MR) is 201 cm³/mol. The minimum atomic E-state index is -0.135. The molecule has 47 heavy (non-hydrogen) atoms. The molecule has 13 heteroatoms. The van der Waals surface area contributed by atoms with Gasteiger partial charge in [-0.15, -0.1) is 0 Å². The molecular formula is C34H35BrN4O4S4. The van der Waals surface area contributed by atoms with E-state index in [0.717, 1.165) is 22.0 Å². The molecule has 246 valence electrons. The van der Waals surface area contributed by atoms with Gasteiger partial charge in [-0.25, -0.2) is 0 Å². The van der Waals surface area contributed by atoms with E-state index < -0.39 is 0 Å². The average molecular weight is 772 g/mol. The summed E-state index contributed by atoms with van der Waals surface area (Å²) in [6, 6.07) is 15.8. The monoisotopic (exact) mass is 770 g/mol. The first-order valence-electron chi connectivity index (χ1n) is 15.5. The lowest BCUT2D eigenvalue weighted by Crippen LogP contribution is -2.50. The molecule has 0 aromatic heterocycles. The molecule has 0 spiro atoms. The maximum Gasteiger partial charge on any atom is 0.266 e. The number of aryl methyl sites for hydroxylation is 1. The van der Waals surface area contributed by atoms with Gasteiger partial charge in [0, 0.05) is 56.6 Å². The predicted octanol–water partition coefficient (Wildman–Crippen LogP) is 6.35. The van der Waals surface area contributed by atoms with Crippen molar-refractivity contribution in [1.82, 2.24) is 19.6 Å². The Morgan fingerprint density at radius 2 is 1.26 bits per heavy atom. The normalized spacial score (nSPS) is 18.8. The molecule has 4 amide bonds. The zero-order valence-corrected chi connectivity index (χ0v) is 30.8. The molecule has 8 nitrogen and oxygen atoms in total. The summed E-state index contributed by atoms with van der Waals surface area (Å²) in [7, 11) is 0. The van der Waals surface area contributed by atoms with Crippen molar-refractivity contribution in [2.75, 3.05) is 39.3 Å². The van der Waals surface area contributed by atoms with Crippen molar-refractivity contribution in [3.05, 3.63) is 79.5 Å². The van der Waals surface area contributed by atoms with E-state index in [1.165, 1.54) is 29.1 Å². The van der Waals surface area contributed by atoms with Crippen LogP contribution in [-0.4, -0.2) is 91.1 Å².